The van der Waals surface area contributed by atoms with E-state index in [9.17, 15) is 17.6 Å². The van der Waals surface area contributed by atoms with Gasteiger partial charge in [-0.05, 0) is 61.4 Å². The second-order valence-electron chi connectivity index (χ2n) is 6.63. The number of carbonyl (C=O) groups excluding carboxylic acids is 1. The number of hydrogen-bond acceptors (Lipinski definition) is 4. The van der Waals surface area contributed by atoms with E-state index < -0.39 is 10.0 Å². The van der Waals surface area contributed by atoms with Crippen LogP contribution in [0.25, 0.3) is 0 Å². The molecule has 0 N–H and O–H groups in total. The van der Waals surface area contributed by atoms with Crippen LogP contribution < -0.4 is 9.64 Å². The van der Waals surface area contributed by atoms with Crippen LogP contribution in [0.2, 0.25) is 0 Å². The smallest absolute Gasteiger partial charge is 0.242 e. The van der Waals surface area contributed by atoms with Gasteiger partial charge < -0.3 is 9.64 Å². The summed E-state index contributed by atoms with van der Waals surface area (Å²) in [5, 5.41) is 0. The van der Waals surface area contributed by atoms with Gasteiger partial charge >= 0.3 is 0 Å². The largest absolute Gasteiger partial charge is 0.494 e. The topological polar surface area (TPSA) is 66.9 Å². The lowest BCUT2D eigenvalue weighted by Gasteiger charge is -2.19. The highest BCUT2D eigenvalue weighted by Crippen LogP contribution is 2.24. The van der Waals surface area contributed by atoms with Gasteiger partial charge in [0.05, 0.1) is 11.5 Å². The number of halogens is 1. The van der Waals surface area contributed by atoms with Crippen molar-refractivity contribution in [1.29, 1.82) is 0 Å². The van der Waals surface area contributed by atoms with Gasteiger partial charge in [0, 0.05) is 32.2 Å². The standard InChI is InChI=1S/C20H23FN2O4S/c1-22(13-3-15-27-18-9-5-16(21)6-10-18)28(25,26)19-11-7-17(8-12-19)23-14-2-4-20(23)24/h5-12H,2-4,13-15H2,1H3. The van der Waals surface area contributed by atoms with E-state index in [1.807, 2.05) is 0 Å². The van der Waals surface area contributed by atoms with Crippen molar-refractivity contribution >= 4 is 21.6 Å². The Morgan fingerprint density at radius 3 is 2.39 bits per heavy atom. The van der Waals surface area contributed by atoms with Crippen molar-refractivity contribution in [1.82, 2.24) is 4.31 Å². The molecule has 1 saturated heterocycles. The predicted octanol–water partition coefficient (Wildman–Crippen LogP) is 3.04. The van der Waals surface area contributed by atoms with Gasteiger partial charge in [0.15, 0.2) is 0 Å². The Kier molecular flexibility index (Phi) is 6.31. The molecule has 1 aliphatic rings. The molecule has 3 rings (SSSR count). The Labute approximate surface area is 164 Å². The SMILES string of the molecule is CN(CCCOc1ccc(F)cc1)S(=O)(=O)c1ccc(N2CCCC2=O)cc1. The highest BCUT2D eigenvalue weighted by atomic mass is 32.2. The summed E-state index contributed by atoms with van der Waals surface area (Å²) in [6.07, 6.45) is 1.85. The number of rotatable bonds is 8. The van der Waals surface area contributed by atoms with Crippen LogP contribution in [-0.2, 0) is 14.8 Å². The third-order valence-electron chi connectivity index (χ3n) is 4.63. The van der Waals surface area contributed by atoms with Gasteiger partial charge in [0.25, 0.3) is 0 Å². The number of hydrogen-bond donors (Lipinski definition) is 0. The van der Waals surface area contributed by atoms with Gasteiger partial charge in [-0.15, -0.1) is 0 Å². The summed E-state index contributed by atoms with van der Waals surface area (Å²) in [7, 11) is -2.10. The average Bonchev–Trinajstić information content (AvgIpc) is 3.12. The Morgan fingerprint density at radius 1 is 1.11 bits per heavy atom. The summed E-state index contributed by atoms with van der Waals surface area (Å²) in [5.74, 6) is 0.270. The lowest BCUT2D eigenvalue weighted by Crippen LogP contribution is -2.29. The quantitative estimate of drug-likeness (QED) is 0.632. The van der Waals surface area contributed by atoms with Crippen molar-refractivity contribution in [3.8, 4) is 5.75 Å². The molecule has 2 aromatic rings. The fourth-order valence-electron chi connectivity index (χ4n) is 3.03. The minimum atomic E-state index is -3.62. The first-order valence-corrected chi connectivity index (χ1v) is 10.6. The fraction of sp³-hybridized carbons (Fsp3) is 0.350. The van der Waals surface area contributed by atoms with Crippen LogP contribution in [0.15, 0.2) is 53.4 Å². The van der Waals surface area contributed by atoms with E-state index in [-0.39, 0.29) is 23.2 Å². The second-order valence-corrected chi connectivity index (χ2v) is 8.67. The highest BCUT2D eigenvalue weighted by molar-refractivity contribution is 7.89. The van der Waals surface area contributed by atoms with Crippen LogP contribution in [0.4, 0.5) is 10.1 Å². The third kappa shape index (κ3) is 4.69. The first-order chi connectivity index (χ1) is 13.4. The van der Waals surface area contributed by atoms with Crippen molar-refractivity contribution in [3.05, 3.63) is 54.3 Å². The number of carbonyl (C=O) groups is 1. The summed E-state index contributed by atoms with van der Waals surface area (Å²) >= 11 is 0. The molecule has 28 heavy (non-hydrogen) atoms. The van der Waals surface area contributed by atoms with Crippen molar-refractivity contribution in [2.75, 3.05) is 31.6 Å². The summed E-state index contributed by atoms with van der Waals surface area (Å²) in [6, 6.07) is 12.1. The molecule has 6 nitrogen and oxygen atoms in total. The molecule has 0 unspecified atom stereocenters. The van der Waals surface area contributed by atoms with E-state index >= 15 is 0 Å². The van der Waals surface area contributed by atoms with Gasteiger partial charge in [-0.1, -0.05) is 0 Å². The van der Waals surface area contributed by atoms with Crippen LogP contribution in [0.3, 0.4) is 0 Å². The molecule has 0 atom stereocenters. The Bertz CT molecular complexity index is 914. The maximum Gasteiger partial charge on any atom is 0.242 e. The number of nitrogens with zero attached hydrogens (tertiary/aromatic N) is 2. The summed E-state index contributed by atoms with van der Waals surface area (Å²) in [5.41, 5.74) is 0.719. The monoisotopic (exact) mass is 406 g/mol. The molecule has 0 spiro atoms. The highest BCUT2D eigenvalue weighted by Gasteiger charge is 2.24. The molecule has 1 fully saturated rings. The summed E-state index contributed by atoms with van der Waals surface area (Å²) in [6.45, 7) is 1.27. The van der Waals surface area contributed by atoms with Crippen molar-refractivity contribution in [3.63, 3.8) is 0 Å². The van der Waals surface area contributed by atoms with E-state index in [0.29, 0.717) is 31.7 Å². The normalized spacial score (nSPS) is 14.7. The van der Waals surface area contributed by atoms with E-state index in [1.54, 1.807) is 17.0 Å². The Balaban J connectivity index is 1.54. The maximum absolute atomic E-state index is 12.9. The van der Waals surface area contributed by atoms with Crippen molar-refractivity contribution in [2.24, 2.45) is 0 Å². The van der Waals surface area contributed by atoms with Gasteiger partial charge in [-0.25, -0.2) is 17.1 Å². The fourth-order valence-corrected chi connectivity index (χ4v) is 4.24. The van der Waals surface area contributed by atoms with Gasteiger partial charge in [-0.2, -0.15) is 0 Å². The van der Waals surface area contributed by atoms with E-state index in [1.165, 1.54) is 47.8 Å². The lowest BCUT2D eigenvalue weighted by molar-refractivity contribution is -0.117. The molecule has 0 aromatic heterocycles. The zero-order valence-electron chi connectivity index (χ0n) is 15.7. The van der Waals surface area contributed by atoms with Crippen LogP contribution in [0.1, 0.15) is 19.3 Å². The molecule has 8 heteroatoms. The summed E-state index contributed by atoms with van der Waals surface area (Å²) in [4.78, 5) is 13.7. The van der Waals surface area contributed by atoms with Crippen LogP contribution in [0, 0.1) is 5.82 Å². The first kappa shape index (κ1) is 20.3. The maximum atomic E-state index is 12.9. The predicted molar refractivity (Wildman–Crippen MR) is 104 cm³/mol. The summed E-state index contributed by atoms with van der Waals surface area (Å²) < 4.78 is 45.0. The Hall–Kier alpha value is -2.45. The molecular weight excluding hydrogens is 383 g/mol. The lowest BCUT2D eigenvalue weighted by atomic mass is 10.3. The van der Waals surface area contributed by atoms with Crippen LogP contribution in [0.5, 0.6) is 5.75 Å². The number of anilines is 1. The number of sulfonamides is 1. The molecule has 150 valence electrons. The zero-order chi connectivity index (χ0) is 20.1. The molecular formula is C20H23FN2O4S. The van der Waals surface area contributed by atoms with Crippen LogP contribution in [-0.4, -0.2) is 45.4 Å². The molecule has 1 amide bonds. The molecule has 2 aromatic carbocycles. The molecule has 0 bridgehead atoms. The molecule has 1 heterocycles. The van der Waals surface area contributed by atoms with E-state index in [2.05, 4.69) is 0 Å². The third-order valence-corrected chi connectivity index (χ3v) is 6.50. The minimum Gasteiger partial charge on any atom is -0.494 e. The Morgan fingerprint density at radius 2 is 1.79 bits per heavy atom. The van der Waals surface area contributed by atoms with Crippen LogP contribution >= 0.6 is 0 Å². The molecule has 0 radical (unpaired) electrons. The molecule has 1 aliphatic heterocycles. The number of amides is 1. The van der Waals surface area contributed by atoms with Gasteiger partial charge in [-0.3, -0.25) is 4.79 Å². The van der Waals surface area contributed by atoms with Gasteiger partial charge in [0.2, 0.25) is 15.9 Å². The minimum absolute atomic E-state index is 0.0638. The average molecular weight is 406 g/mol. The zero-order valence-corrected chi connectivity index (χ0v) is 16.5. The molecule has 0 saturated carbocycles. The number of ether oxygens (including phenoxy) is 1. The van der Waals surface area contributed by atoms with Gasteiger partial charge in [0.1, 0.15) is 11.6 Å². The van der Waals surface area contributed by atoms with E-state index in [0.717, 1.165) is 12.1 Å². The van der Waals surface area contributed by atoms with Crippen molar-refractivity contribution in [2.45, 2.75) is 24.2 Å². The van der Waals surface area contributed by atoms with E-state index in [4.69, 9.17) is 4.74 Å². The second kappa shape index (κ2) is 8.70. The number of benzene rings is 2. The molecule has 0 aliphatic carbocycles. The van der Waals surface area contributed by atoms with Crippen molar-refractivity contribution < 1.29 is 22.3 Å². The first-order valence-electron chi connectivity index (χ1n) is 9.13.